The molecule has 0 aromatic rings. The van der Waals surface area contributed by atoms with Crippen molar-refractivity contribution in [1.29, 1.82) is 0 Å². The van der Waals surface area contributed by atoms with E-state index in [0.29, 0.717) is 25.9 Å². The molecule has 6 heteroatoms. The van der Waals surface area contributed by atoms with Gasteiger partial charge in [-0.05, 0) is 20.3 Å². The van der Waals surface area contributed by atoms with E-state index in [1.165, 1.54) is 0 Å². The molecular formula is C12H21NO4S. The maximum absolute atomic E-state index is 11.9. The first kappa shape index (κ1) is 15.1. The molecule has 0 aliphatic carbocycles. The van der Waals surface area contributed by atoms with Crippen LogP contribution < -0.4 is 0 Å². The fourth-order valence-electron chi connectivity index (χ4n) is 1.67. The molecule has 1 rings (SSSR count). The maximum Gasteiger partial charge on any atom is 0.421 e. The summed E-state index contributed by atoms with van der Waals surface area (Å²) in [5, 5.41) is 0. The van der Waals surface area contributed by atoms with E-state index in [4.69, 9.17) is 4.74 Å². The molecule has 0 bridgehead atoms. The average Bonchev–Trinajstić information content (AvgIpc) is 2.38. The fraction of sp³-hybridized carbons (Fsp3) is 0.833. The standard InChI is InChI=1S/C12H21NO4S/c1-4-12(2,3)10(14)16-9-5-7-13(8-6-9)11(15)17-18/h9,18H,4-8H2,1-3H3. The van der Waals surface area contributed by atoms with Gasteiger partial charge in [-0.15, -0.1) is 0 Å². The molecule has 1 saturated heterocycles. The number of carbonyl (C=O) groups excluding carboxylic acids is 2. The summed E-state index contributed by atoms with van der Waals surface area (Å²) in [5.41, 5.74) is -0.443. The van der Waals surface area contributed by atoms with Crippen molar-refractivity contribution in [3.63, 3.8) is 0 Å². The minimum atomic E-state index is -0.447. The zero-order valence-corrected chi connectivity index (χ0v) is 12.0. The Morgan fingerprint density at radius 2 is 1.89 bits per heavy atom. The molecule has 1 heterocycles. The van der Waals surface area contributed by atoms with Crippen LogP contribution in [0, 0.1) is 5.41 Å². The van der Waals surface area contributed by atoms with E-state index in [2.05, 4.69) is 17.1 Å². The molecule has 0 atom stereocenters. The van der Waals surface area contributed by atoms with Gasteiger partial charge in [0.2, 0.25) is 0 Å². The molecule has 0 spiro atoms. The number of thiol groups is 1. The Balaban J connectivity index is 2.40. The second kappa shape index (κ2) is 6.31. The summed E-state index contributed by atoms with van der Waals surface area (Å²) in [7, 11) is 0. The monoisotopic (exact) mass is 275 g/mol. The number of amides is 1. The van der Waals surface area contributed by atoms with Gasteiger partial charge >= 0.3 is 12.1 Å². The highest BCUT2D eigenvalue weighted by molar-refractivity contribution is 7.75. The third kappa shape index (κ3) is 3.80. The van der Waals surface area contributed by atoms with Gasteiger partial charge in [-0.25, -0.2) is 4.79 Å². The van der Waals surface area contributed by atoms with Crippen LogP contribution in [0.3, 0.4) is 0 Å². The van der Waals surface area contributed by atoms with Crippen molar-refractivity contribution in [1.82, 2.24) is 4.90 Å². The normalized spacial score (nSPS) is 17.4. The minimum absolute atomic E-state index is 0.104. The molecule has 104 valence electrons. The van der Waals surface area contributed by atoms with E-state index in [1.54, 1.807) is 4.90 Å². The second-order valence-electron chi connectivity index (χ2n) is 5.19. The van der Waals surface area contributed by atoms with Gasteiger partial charge in [-0.1, -0.05) is 6.92 Å². The first-order valence-electron chi connectivity index (χ1n) is 6.22. The zero-order chi connectivity index (χ0) is 13.8. The molecule has 0 saturated carbocycles. The topological polar surface area (TPSA) is 55.8 Å². The summed E-state index contributed by atoms with van der Waals surface area (Å²) >= 11 is 3.48. The highest BCUT2D eigenvalue weighted by Crippen LogP contribution is 2.24. The summed E-state index contributed by atoms with van der Waals surface area (Å²) in [6, 6.07) is 0. The Hall–Kier alpha value is -0.910. The van der Waals surface area contributed by atoms with Gasteiger partial charge in [-0.2, -0.15) is 0 Å². The Labute approximate surface area is 113 Å². The largest absolute Gasteiger partial charge is 0.462 e. The van der Waals surface area contributed by atoms with Gasteiger partial charge < -0.3 is 13.8 Å². The van der Waals surface area contributed by atoms with Crippen LogP contribution in [0.5, 0.6) is 0 Å². The quantitative estimate of drug-likeness (QED) is 0.488. The van der Waals surface area contributed by atoms with Crippen LogP contribution >= 0.6 is 12.9 Å². The highest BCUT2D eigenvalue weighted by Gasteiger charge is 2.31. The second-order valence-corrected chi connectivity index (χ2v) is 5.37. The summed E-state index contributed by atoms with van der Waals surface area (Å²) in [4.78, 5) is 24.7. The van der Waals surface area contributed by atoms with E-state index in [0.717, 1.165) is 6.42 Å². The number of carbonyl (C=O) groups is 2. The lowest BCUT2D eigenvalue weighted by Crippen LogP contribution is -2.42. The molecule has 1 amide bonds. The van der Waals surface area contributed by atoms with Crippen molar-refractivity contribution in [3.8, 4) is 0 Å². The molecule has 0 aromatic heterocycles. The van der Waals surface area contributed by atoms with Crippen molar-refractivity contribution in [2.75, 3.05) is 13.1 Å². The van der Waals surface area contributed by atoms with Crippen molar-refractivity contribution < 1.29 is 18.5 Å². The van der Waals surface area contributed by atoms with Gasteiger partial charge in [-0.3, -0.25) is 4.79 Å². The summed E-state index contributed by atoms with van der Waals surface area (Å²) in [5.74, 6) is -0.166. The molecule has 0 N–H and O–H groups in total. The molecule has 0 aromatic carbocycles. The van der Waals surface area contributed by atoms with Crippen LogP contribution in [-0.4, -0.2) is 36.2 Å². The number of hydrogen-bond acceptors (Lipinski definition) is 5. The van der Waals surface area contributed by atoms with Gasteiger partial charge in [0.15, 0.2) is 0 Å². The molecule has 1 aliphatic heterocycles. The Morgan fingerprint density at radius 3 is 2.33 bits per heavy atom. The van der Waals surface area contributed by atoms with Gasteiger partial charge in [0.05, 0.1) is 5.41 Å². The lowest BCUT2D eigenvalue weighted by atomic mass is 9.90. The van der Waals surface area contributed by atoms with Gasteiger partial charge in [0.1, 0.15) is 6.10 Å². The molecular weight excluding hydrogens is 254 g/mol. The van der Waals surface area contributed by atoms with Crippen LogP contribution in [0.25, 0.3) is 0 Å². The van der Waals surface area contributed by atoms with Crippen LogP contribution in [0.15, 0.2) is 0 Å². The zero-order valence-electron chi connectivity index (χ0n) is 11.1. The number of hydrogen-bond donors (Lipinski definition) is 1. The van der Waals surface area contributed by atoms with Crippen molar-refractivity contribution in [3.05, 3.63) is 0 Å². The van der Waals surface area contributed by atoms with E-state index in [1.807, 2.05) is 20.8 Å². The lowest BCUT2D eigenvalue weighted by Gasteiger charge is -2.32. The molecule has 1 fully saturated rings. The summed E-state index contributed by atoms with van der Waals surface area (Å²) in [6.07, 6.45) is 1.49. The smallest absolute Gasteiger partial charge is 0.421 e. The number of piperidine rings is 1. The molecule has 1 aliphatic rings. The number of likely N-dealkylation sites (tertiary alicyclic amines) is 1. The molecule has 0 unspecified atom stereocenters. The fourth-order valence-corrected chi connectivity index (χ4v) is 1.78. The van der Waals surface area contributed by atoms with E-state index < -0.39 is 11.5 Å². The van der Waals surface area contributed by atoms with Crippen LogP contribution in [0.2, 0.25) is 0 Å². The summed E-state index contributed by atoms with van der Waals surface area (Å²) in [6.45, 7) is 6.78. The molecule has 0 radical (unpaired) electrons. The predicted molar refractivity (Wildman–Crippen MR) is 70.2 cm³/mol. The Morgan fingerprint density at radius 1 is 1.33 bits per heavy atom. The average molecular weight is 275 g/mol. The maximum atomic E-state index is 11.9. The molecule has 5 nitrogen and oxygen atoms in total. The number of nitrogens with zero attached hydrogens (tertiary/aromatic N) is 1. The third-order valence-electron chi connectivity index (χ3n) is 3.49. The number of ether oxygens (including phenoxy) is 1. The Kier molecular flexibility index (Phi) is 5.31. The predicted octanol–water partition coefficient (Wildman–Crippen LogP) is 2.41. The van der Waals surface area contributed by atoms with Gasteiger partial charge in [0.25, 0.3) is 0 Å². The van der Waals surface area contributed by atoms with Crippen LogP contribution in [0.1, 0.15) is 40.0 Å². The Bertz CT molecular complexity index is 311. The lowest BCUT2D eigenvalue weighted by molar-refractivity contribution is -0.161. The van der Waals surface area contributed by atoms with Crippen molar-refractivity contribution >= 4 is 25.0 Å². The first-order chi connectivity index (χ1) is 8.40. The third-order valence-corrected chi connectivity index (χ3v) is 3.64. The van der Waals surface area contributed by atoms with Crippen LogP contribution in [0.4, 0.5) is 4.79 Å². The van der Waals surface area contributed by atoms with E-state index in [-0.39, 0.29) is 12.1 Å². The van der Waals surface area contributed by atoms with Crippen molar-refractivity contribution in [2.24, 2.45) is 5.41 Å². The number of esters is 1. The molecule has 18 heavy (non-hydrogen) atoms. The highest BCUT2D eigenvalue weighted by atomic mass is 32.1. The van der Waals surface area contributed by atoms with Crippen LogP contribution in [-0.2, 0) is 13.7 Å². The minimum Gasteiger partial charge on any atom is -0.462 e. The first-order valence-corrected chi connectivity index (χ1v) is 6.58. The van der Waals surface area contributed by atoms with E-state index in [9.17, 15) is 9.59 Å². The number of rotatable bonds is 3. The van der Waals surface area contributed by atoms with Crippen molar-refractivity contribution in [2.45, 2.75) is 46.1 Å². The summed E-state index contributed by atoms with van der Waals surface area (Å²) < 4.78 is 9.82. The van der Waals surface area contributed by atoms with Gasteiger partial charge in [0, 0.05) is 38.8 Å². The van der Waals surface area contributed by atoms with E-state index >= 15 is 0 Å². The SMILES string of the molecule is CCC(C)(C)C(=O)OC1CCN(C(=O)OS)CC1.